The standard InChI is InChI=1S/C11H24O2Si/c1-6-7-14-11(13-10(4)5)8-12-9(2)3/h8-10H,6-7,14H2,1-5H3. The first-order valence-corrected chi connectivity index (χ1v) is 7.28. The summed E-state index contributed by atoms with van der Waals surface area (Å²) in [6, 6.07) is 1.29. The summed E-state index contributed by atoms with van der Waals surface area (Å²) in [5.74, 6) is 0. The van der Waals surface area contributed by atoms with Crippen molar-refractivity contribution in [2.45, 2.75) is 59.3 Å². The van der Waals surface area contributed by atoms with Gasteiger partial charge in [0.2, 0.25) is 0 Å². The van der Waals surface area contributed by atoms with Crippen molar-refractivity contribution in [3.63, 3.8) is 0 Å². The number of rotatable bonds is 7. The third kappa shape index (κ3) is 8.17. The SMILES string of the molecule is CCC[SiH2]C(=COC(C)C)OC(C)C. The average molecular weight is 216 g/mol. The third-order valence-electron chi connectivity index (χ3n) is 1.64. The molecule has 0 aromatic rings. The maximum atomic E-state index is 5.70. The van der Waals surface area contributed by atoms with E-state index in [1.54, 1.807) is 0 Å². The van der Waals surface area contributed by atoms with E-state index >= 15 is 0 Å². The Labute approximate surface area is 90.5 Å². The molecule has 0 aliphatic rings. The van der Waals surface area contributed by atoms with Crippen molar-refractivity contribution in [2.24, 2.45) is 0 Å². The zero-order chi connectivity index (χ0) is 11.0. The summed E-state index contributed by atoms with van der Waals surface area (Å²) < 4.78 is 11.2. The predicted octanol–water partition coefficient (Wildman–Crippen LogP) is 2.63. The molecule has 0 unspecified atom stereocenters. The lowest BCUT2D eigenvalue weighted by Gasteiger charge is -2.14. The highest BCUT2D eigenvalue weighted by Gasteiger charge is 2.03. The fraction of sp³-hybridized carbons (Fsp3) is 0.818. The van der Waals surface area contributed by atoms with Gasteiger partial charge in [-0.2, -0.15) is 0 Å². The Bertz CT molecular complexity index is 165. The van der Waals surface area contributed by atoms with Crippen LogP contribution in [0.4, 0.5) is 0 Å². The Hall–Kier alpha value is -0.443. The highest BCUT2D eigenvalue weighted by molar-refractivity contribution is 6.44. The van der Waals surface area contributed by atoms with Crippen LogP contribution in [-0.2, 0) is 9.47 Å². The Morgan fingerprint density at radius 3 is 2.29 bits per heavy atom. The van der Waals surface area contributed by atoms with Crippen LogP contribution in [0.25, 0.3) is 0 Å². The molecule has 0 amide bonds. The van der Waals surface area contributed by atoms with E-state index in [1.165, 1.54) is 12.5 Å². The van der Waals surface area contributed by atoms with Gasteiger partial charge >= 0.3 is 0 Å². The van der Waals surface area contributed by atoms with E-state index in [2.05, 4.69) is 20.8 Å². The summed E-state index contributed by atoms with van der Waals surface area (Å²) in [4.78, 5) is 0. The summed E-state index contributed by atoms with van der Waals surface area (Å²) in [6.07, 6.45) is 3.58. The first-order valence-electron chi connectivity index (χ1n) is 5.57. The number of hydrogen-bond acceptors (Lipinski definition) is 2. The minimum Gasteiger partial charge on any atom is -0.498 e. The van der Waals surface area contributed by atoms with E-state index in [0.29, 0.717) is 0 Å². The molecule has 0 heterocycles. The minimum absolute atomic E-state index is 0.247. The topological polar surface area (TPSA) is 18.5 Å². The van der Waals surface area contributed by atoms with E-state index in [9.17, 15) is 0 Å². The molecule has 0 N–H and O–H groups in total. The van der Waals surface area contributed by atoms with Crippen LogP contribution >= 0.6 is 0 Å². The fourth-order valence-corrected chi connectivity index (χ4v) is 2.38. The average Bonchev–Trinajstić information content (AvgIpc) is 2.09. The normalized spacial score (nSPS) is 13.2. The minimum atomic E-state index is -0.247. The van der Waals surface area contributed by atoms with Gasteiger partial charge in [-0.15, -0.1) is 0 Å². The van der Waals surface area contributed by atoms with Gasteiger partial charge in [0.1, 0.15) is 21.2 Å². The highest BCUT2D eigenvalue weighted by Crippen LogP contribution is 2.05. The first kappa shape index (κ1) is 13.6. The Morgan fingerprint density at radius 1 is 1.21 bits per heavy atom. The van der Waals surface area contributed by atoms with Crippen molar-refractivity contribution in [1.82, 2.24) is 0 Å². The van der Waals surface area contributed by atoms with Gasteiger partial charge in [-0.25, -0.2) is 0 Å². The maximum Gasteiger partial charge on any atom is 0.115 e. The van der Waals surface area contributed by atoms with Gasteiger partial charge in [0.15, 0.2) is 0 Å². The summed E-state index contributed by atoms with van der Waals surface area (Å²) in [7, 11) is -0.247. The van der Waals surface area contributed by atoms with Gasteiger partial charge < -0.3 is 9.47 Å². The van der Waals surface area contributed by atoms with Gasteiger partial charge in [0, 0.05) is 0 Å². The molecular weight excluding hydrogens is 192 g/mol. The largest absolute Gasteiger partial charge is 0.498 e. The van der Waals surface area contributed by atoms with Gasteiger partial charge in [-0.05, 0) is 27.7 Å². The molecule has 0 aliphatic heterocycles. The number of hydrogen-bond donors (Lipinski definition) is 0. The molecule has 0 aliphatic carbocycles. The van der Waals surface area contributed by atoms with E-state index in [4.69, 9.17) is 9.47 Å². The van der Waals surface area contributed by atoms with Crippen LogP contribution in [0, 0.1) is 0 Å². The fourth-order valence-electron chi connectivity index (χ4n) is 1.01. The van der Waals surface area contributed by atoms with E-state index in [0.717, 1.165) is 5.38 Å². The summed E-state index contributed by atoms with van der Waals surface area (Å²) in [5, 5.41) is 1.11. The lowest BCUT2D eigenvalue weighted by molar-refractivity contribution is 0.129. The molecule has 0 rings (SSSR count). The molecule has 0 saturated carbocycles. The van der Waals surface area contributed by atoms with Crippen molar-refractivity contribution in [1.29, 1.82) is 0 Å². The smallest absolute Gasteiger partial charge is 0.115 e. The summed E-state index contributed by atoms with van der Waals surface area (Å²) in [6.45, 7) is 10.4. The monoisotopic (exact) mass is 216 g/mol. The van der Waals surface area contributed by atoms with Crippen molar-refractivity contribution in [3.05, 3.63) is 11.6 Å². The highest BCUT2D eigenvalue weighted by atomic mass is 28.2. The Balaban J connectivity index is 4.01. The molecule has 14 heavy (non-hydrogen) atoms. The molecular formula is C11H24O2Si. The molecule has 2 nitrogen and oxygen atoms in total. The van der Waals surface area contributed by atoms with Gasteiger partial charge in [-0.1, -0.05) is 19.4 Å². The second-order valence-electron chi connectivity index (χ2n) is 4.04. The lowest BCUT2D eigenvalue weighted by atomic mass is 10.5. The first-order chi connectivity index (χ1) is 6.56. The van der Waals surface area contributed by atoms with Crippen molar-refractivity contribution >= 4 is 9.52 Å². The van der Waals surface area contributed by atoms with E-state index < -0.39 is 0 Å². The van der Waals surface area contributed by atoms with Crippen LogP contribution in [0.3, 0.4) is 0 Å². The summed E-state index contributed by atoms with van der Waals surface area (Å²) >= 11 is 0. The van der Waals surface area contributed by atoms with Crippen LogP contribution in [-0.4, -0.2) is 21.7 Å². The molecule has 0 bridgehead atoms. The molecule has 0 fully saturated rings. The van der Waals surface area contributed by atoms with Gasteiger partial charge in [0.05, 0.1) is 12.2 Å². The molecule has 0 saturated heterocycles. The maximum absolute atomic E-state index is 5.70. The quantitative estimate of drug-likeness (QED) is 0.481. The molecule has 0 spiro atoms. The molecule has 0 aromatic carbocycles. The van der Waals surface area contributed by atoms with E-state index in [1.807, 2.05) is 20.1 Å². The Morgan fingerprint density at radius 2 is 1.86 bits per heavy atom. The van der Waals surface area contributed by atoms with Crippen LogP contribution in [0.5, 0.6) is 0 Å². The second kappa shape index (κ2) is 7.91. The third-order valence-corrected chi connectivity index (χ3v) is 3.52. The molecule has 0 aromatic heterocycles. The molecule has 84 valence electrons. The summed E-state index contributed by atoms with van der Waals surface area (Å²) in [5.41, 5.74) is 0. The molecule has 0 atom stereocenters. The zero-order valence-corrected chi connectivity index (χ0v) is 11.6. The number of ether oxygens (including phenoxy) is 2. The molecule has 3 heteroatoms. The van der Waals surface area contributed by atoms with Gasteiger partial charge in [0.25, 0.3) is 0 Å². The van der Waals surface area contributed by atoms with Crippen LogP contribution in [0.2, 0.25) is 6.04 Å². The Kier molecular flexibility index (Phi) is 7.66. The van der Waals surface area contributed by atoms with Crippen molar-refractivity contribution < 1.29 is 9.47 Å². The lowest BCUT2D eigenvalue weighted by Crippen LogP contribution is -2.09. The van der Waals surface area contributed by atoms with Crippen molar-refractivity contribution in [3.8, 4) is 0 Å². The second-order valence-corrected chi connectivity index (χ2v) is 5.94. The van der Waals surface area contributed by atoms with Gasteiger partial charge in [-0.3, -0.25) is 0 Å². The van der Waals surface area contributed by atoms with E-state index in [-0.39, 0.29) is 21.7 Å². The van der Waals surface area contributed by atoms with Crippen LogP contribution < -0.4 is 0 Å². The molecule has 0 radical (unpaired) electrons. The predicted molar refractivity (Wildman–Crippen MR) is 64.2 cm³/mol. The van der Waals surface area contributed by atoms with Crippen LogP contribution in [0.1, 0.15) is 41.0 Å². The van der Waals surface area contributed by atoms with Crippen LogP contribution in [0.15, 0.2) is 11.6 Å². The van der Waals surface area contributed by atoms with Crippen molar-refractivity contribution in [2.75, 3.05) is 0 Å². The zero-order valence-electron chi connectivity index (χ0n) is 10.2.